The molecule has 1 aliphatic carbocycles. The van der Waals surface area contributed by atoms with Crippen molar-refractivity contribution in [3.8, 4) is 0 Å². The number of hydrogen-bond acceptors (Lipinski definition) is 5. The van der Waals surface area contributed by atoms with Gasteiger partial charge < -0.3 is 9.64 Å². The van der Waals surface area contributed by atoms with E-state index in [0.717, 1.165) is 4.90 Å². The fourth-order valence-electron chi connectivity index (χ4n) is 4.98. The van der Waals surface area contributed by atoms with Crippen LogP contribution in [0.5, 0.6) is 0 Å². The van der Waals surface area contributed by atoms with E-state index in [0.29, 0.717) is 16.6 Å². The Kier molecular flexibility index (Phi) is 5.86. The molecule has 3 heterocycles. The summed E-state index contributed by atoms with van der Waals surface area (Å²) in [7, 11) is 0. The van der Waals surface area contributed by atoms with Crippen molar-refractivity contribution in [1.82, 2.24) is 14.5 Å². The minimum atomic E-state index is -4.36. The molecule has 39 heavy (non-hydrogen) atoms. The van der Waals surface area contributed by atoms with Gasteiger partial charge in [-0.25, -0.2) is 24.0 Å². The molecule has 2 fully saturated rings. The number of nitrogens with zero attached hydrogens (tertiary/aromatic N) is 4. The minimum absolute atomic E-state index is 0.0221. The van der Waals surface area contributed by atoms with Crippen LogP contribution in [0.15, 0.2) is 48.8 Å². The van der Waals surface area contributed by atoms with Crippen LogP contribution in [0.4, 0.5) is 28.4 Å². The summed E-state index contributed by atoms with van der Waals surface area (Å²) in [6, 6.07) is 8.28. The largest absolute Gasteiger partial charge is 0.443 e. The van der Waals surface area contributed by atoms with Gasteiger partial charge >= 0.3 is 18.3 Å². The number of fused-ring (bicyclic) bond motifs is 1. The Morgan fingerprint density at radius 2 is 1.67 bits per heavy atom. The maximum absolute atomic E-state index is 13.6. The number of hydrogen-bond donors (Lipinski definition) is 0. The highest BCUT2D eigenvalue weighted by atomic mass is 19.4. The number of amides is 3. The number of urea groups is 1. The van der Waals surface area contributed by atoms with Crippen molar-refractivity contribution in [1.29, 1.82) is 0 Å². The quantitative estimate of drug-likeness (QED) is 0.369. The van der Waals surface area contributed by atoms with Crippen LogP contribution in [0, 0.1) is 0 Å². The lowest BCUT2D eigenvalue weighted by atomic mass is 9.95. The normalized spacial score (nSPS) is 18.7. The van der Waals surface area contributed by atoms with Gasteiger partial charge in [0.15, 0.2) is 0 Å². The molecule has 206 valence electrons. The predicted molar refractivity (Wildman–Crippen MR) is 137 cm³/mol. The van der Waals surface area contributed by atoms with Crippen LogP contribution in [0.25, 0.3) is 11.0 Å². The Labute approximate surface area is 223 Å². The molecule has 0 bridgehead atoms. The highest BCUT2D eigenvalue weighted by Crippen LogP contribution is 2.59. The smallest absolute Gasteiger partial charge is 0.420 e. The average molecular weight is 543 g/mol. The van der Waals surface area contributed by atoms with Crippen molar-refractivity contribution in [2.75, 3.05) is 4.90 Å². The van der Waals surface area contributed by atoms with E-state index in [9.17, 15) is 27.6 Å². The van der Waals surface area contributed by atoms with E-state index in [-0.39, 0.29) is 30.6 Å². The average Bonchev–Trinajstić information content (AvgIpc) is 3.51. The lowest BCUT2D eigenvalue weighted by Crippen LogP contribution is -2.43. The molecule has 0 atom stereocenters. The van der Waals surface area contributed by atoms with Crippen molar-refractivity contribution >= 4 is 34.8 Å². The third kappa shape index (κ3) is 4.33. The molecule has 0 spiro atoms. The molecule has 0 unspecified atom stereocenters. The number of alkyl halides is 3. The van der Waals surface area contributed by atoms with Crippen molar-refractivity contribution in [2.24, 2.45) is 0 Å². The third-order valence-electron chi connectivity index (χ3n) is 7.39. The van der Waals surface area contributed by atoms with Gasteiger partial charge in [-0.2, -0.15) is 13.2 Å². The van der Waals surface area contributed by atoms with Gasteiger partial charge in [-0.3, -0.25) is 4.79 Å². The number of carbonyl (C=O) groups excluding carboxylic acids is 3. The van der Waals surface area contributed by atoms with Crippen LogP contribution in [0.2, 0.25) is 0 Å². The standard InChI is InChI=1S/C28H29F3N4O4/c1-25(2,3)39-24(38)33-15-11-20-17(10-14-32-21(20)33)16-34-23(37)35(22(36)26(34,4)5)19-8-6-18(7-9-19)27(12-13-27)28(29,30)31/h6-11,14-15H,12-13,16H2,1-5H3. The molecule has 11 heteroatoms. The zero-order valence-electron chi connectivity index (χ0n) is 22.3. The molecule has 3 amide bonds. The van der Waals surface area contributed by atoms with Gasteiger partial charge in [0.25, 0.3) is 5.91 Å². The maximum atomic E-state index is 13.6. The van der Waals surface area contributed by atoms with E-state index < -0.39 is 40.8 Å². The molecule has 5 rings (SSSR count). The fraction of sp³-hybridized carbons (Fsp3) is 0.429. The Balaban J connectivity index is 1.43. The molecule has 2 aliphatic rings. The van der Waals surface area contributed by atoms with E-state index in [1.807, 2.05) is 0 Å². The molecule has 1 aromatic carbocycles. The molecule has 0 radical (unpaired) electrons. The van der Waals surface area contributed by atoms with Gasteiger partial charge in [-0.05, 0) is 82.9 Å². The number of rotatable bonds is 4. The van der Waals surface area contributed by atoms with E-state index in [1.165, 1.54) is 39.9 Å². The fourth-order valence-corrected chi connectivity index (χ4v) is 4.98. The first-order chi connectivity index (χ1) is 18.1. The van der Waals surface area contributed by atoms with Crippen LogP contribution in [0.1, 0.15) is 58.6 Å². The summed E-state index contributed by atoms with van der Waals surface area (Å²) in [4.78, 5) is 46.3. The highest BCUT2D eigenvalue weighted by Gasteiger charge is 2.64. The zero-order valence-corrected chi connectivity index (χ0v) is 22.3. The van der Waals surface area contributed by atoms with E-state index >= 15 is 0 Å². The molecule has 1 aliphatic heterocycles. The Hall–Kier alpha value is -3.89. The number of carbonyl (C=O) groups is 3. The van der Waals surface area contributed by atoms with Crippen molar-refractivity contribution < 1.29 is 32.3 Å². The van der Waals surface area contributed by atoms with Crippen molar-refractivity contribution in [3.63, 3.8) is 0 Å². The minimum Gasteiger partial charge on any atom is -0.443 e. The van der Waals surface area contributed by atoms with E-state index in [1.54, 1.807) is 52.9 Å². The number of pyridine rings is 1. The number of halogens is 3. The molecular weight excluding hydrogens is 513 g/mol. The van der Waals surface area contributed by atoms with Crippen LogP contribution >= 0.6 is 0 Å². The van der Waals surface area contributed by atoms with Gasteiger partial charge in [0.05, 0.1) is 11.1 Å². The summed E-state index contributed by atoms with van der Waals surface area (Å²) in [6.45, 7) is 8.55. The number of aromatic nitrogens is 2. The molecular formula is C28H29F3N4O4. The number of anilines is 1. The maximum Gasteiger partial charge on any atom is 0.420 e. The topological polar surface area (TPSA) is 84.7 Å². The molecule has 1 saturated heterocycles. The third-order valence-corrected chi connectivity index (χ3v) is 7.39. The Morgan fingerprint density at radius 3 is 2.23 bits per heavy atom. The molecule has 2 aromatic heterocycles. The molecule has 1 saturated carbocycles. The van der Waals surface area contributed by atoms with Gasteiger partial charge in [-0.15, -0.1) is 0 Å². The summed E-state index contributed by atoms with van der Waals surface area (Å²) in [5.41, 5.74) is -2.44. The molecule has 0 N–H and O–H groups in total. The molecule has 8 nitrogen and oxygen atoms in total. The zero-order chi connectivity index (χ0) is 28.5. The second kappa shape index (κ2) is 8.56. The summed E-state index contributed by atoms with van der Waals surface area (Å²) in [6.07, 6.45) is -1.85. The Morgan fingerprint density at radius 1 is 1.03 bits per heavy atom. The second-order valence-electron chi connectivity index (χ2n) is 11.6. The summed E-state index contributed by atoms with van der Waals surface area (Å²) >= 11 is 0. The number of benzene rings is 1. The monoisotopic (exact) mass is 542 g/mol. The van der Waals surface area contributed by atoms with Crippen LogP contribution < -0.4 is 4.90 Å². The first-order valence-electron chi connectivity index (χ1n) is 12.6. The number of ether oxygens (including phenoxy) is 1. The van der Waals surface area contributed by atoms with Gasteiger partial charge in [0, 0.05) is 24.3 Å². The molecule has 3 aromatic rings. The summed E-state index contributed by atoms with van der Waals surface area (Å²) < 4.78 is 47.4. The lowest BCUT2D eigenvalue weighted by molar-refractivity contribution is -0.160. The van der Waals surface area contributed by atoms with Gasteiger partial charge in [-0.1, -0.05) is 12.1 Å². The SMILES string of the molecule is CC(C)(C)OC(=O)n1ccc2c(CN3C(=O)N(c4ccc(C5(C(F)(F)F)CC5)cc4)C(=O)C3(C)C)ccnc21. The second-order valence-corrected chi connectivity index (χ2v) is 11.6. The van der Waals surface area contributed by atoms with Crippen molar-refractivity contribution in [3.05, 3.63) is 59.9 Å². The predicted octanol–water partition coefficient (Wildman–Crippen LogP) is 6.16. The van der Waals surface area contributed by atoms with Gasteiger partial charge in [0.1, 0.15) is 16.8 Å². The van der Waals surface area contributed by atoms with Crippen LogP contribution in [0.3, 0.4) is 0 Å². The van der Waals surface area contributed by atoms with Crippen molar-refractivity contribution in [2.45, 2.75) is 76.7 Å². The lowest BCUT2D eigenvalue weighted by Gasteiger charge is -2.28. The summed E-state index contributed by atoms with van der Waals surface area (Å²) in [5, 5.41) is 0.615. The first kappa shape index (κ1) is 26.7. The van der Waals surface area contributed by atoms with E-state index in [2.05, 4.69) is 4.98 Å². The number of imide groups is 1. The Bertz CT molecular complexity index is 1480. The first-order valence-corrected chi connectivity index (χ1v) is 12.6. The van der Waals surface area contributed by atoms with Crippen LogP contribution in [-0.2, 0) is 21.5 Å². The highest BCUT2D eigenvalue weighted by molar-refractivity contribution is 6.23. The van der Waals surface area contributed by atoms with E-state index in [4.69, 9.17) is 4.74 Å². The van der Waals surface area contributed by atoms with Gasteiger partial charge in [0.2, 0.25) is 0 Å². The summed E-state index contributed by atoms with van der Waals surface area (Å²) in [5.74, 6) is -0.492. The van der Waals surface area contributed by atoms with Crippen LogP contribution in [-0.4, -0.2) is 49.8 Å².